The van der Waals surface area contributed by atoms with Crippen molar-refractivity contribution < 1.29 is 22.7 Å². The number of nitrogens with zero attached hydrogens (tertiary/aromatic N) is 1. The highest BCUT2D eigenvalue weighted by Crippen LogP contribution is 2.24. The van der Waals surface area contributed by atoms with Crippen molar-refractivity contribution in [1.29, 1.82) is 0 Å². The van der Waals surface area contributed by atoms with Gasteiger partial charge >= 0.3 is 0 Å². The van der Waals surface area contributed by atoms with Crippen LogP contribution in [0.15, 0.2) is 42.5 Å². The number of amides is 1. The number of carbonyl (C=O) groups is 1. The molecule has 2 atom stereocenters. The highest BCUT2D eigenvalue weighted by atomic mass is 19.1. The maximum absolute atomic E-state index is 14.3. The van der Waals surface area contributed by atoms with E-state index in [9.17, 15) is 18.0 Å². The number of benzene rings is 2. The summed E-state index contributed by atoms with van der Waals surface area (Å²) in [6.07, 6.45) is 0.726. The Labute approximate surface area is 181 Å². The molecular weight excluding hydrogens is 405 g/mol. The minimum atomic E-state index is -0.710. The van der Waals surface area contributed by atoms with E-state index in [2.05, 4.69) is 5.32 Å². The van der Waals surface area contributed by atoms with Crippen LogP contribution in [0.25, 0.3) is 0 Å². The van der Waals surface area contributed by atoms with Crippen molar-refractivity contribution in [2.24, 2.45) is 5.92 Å². The zero-order valence-corrected chi connectivity index (χ0v) is 17.9. The molecule has 3 rings (SSSR count). The molecule has 0 unspecified atom stereocenters. The molecule has 1 amide bonds. The molecule has 1 N–H and O–H groups in total. The van der Waals surface area contributed by atoms with Crippen molar-refractivity contribution >= 4 is 5.91 Å². The zero-order chi connectivity index (χ0) is 22.4. The van der Waals surface area contributed by atoms with E-state index in [4.69, 9.17) is 4.74 Å². The maximum atomic E-state index is 14.3. The van der Waals surface area contributed by atoms with Crippen LogP contribution in [0.4, 0.5) is 13.2 Å². The molecule has 1 heterocycles. The SMILES string of the molecule is CC(C)Oc1ccc(CC(=O)N(Cc2ccc(F)cc2F)[C@H]2CCNC[C@H]2CF)cc1. The number of carbonyl (C=O) groups excluding carboxylic acids is 1. The molecule has 0 aromatic heterocycles. The second kappa shape index (κ2) is 10.7. The van der Waals surface area contributed by atoms with E-state index in [0.717, 1.165) is 11.6 Å². The fourth-order valence-electron chi connectivity index (χ4n) is 3.93. The van der Waals surface area contributed by atoms with Gasteiger partial charge in [-0.1, -0.05) is 18.2 Å². The average molecular weight is 435 g/mol. The van der Waals surface area contributed by atoms with Crippen molar-refractivity contribution in [3.05, 3.63) is 65.2 Å². The number of nitrogens with one attached hydrogen (secondary N) is 1. The smallest absolute Gasteiger partial charge is 0.227 e. The van der Waals surface area contributed by atoms with Crippen LogP contribution in [0.3, 0.4) is 0 Å². The van der Waals surface area contributed by atoms with Crippen LogP contribution in [0.5, 0.6) is 5.75 Å². The Hall–Kier alpha value is -2.54. The van der Waals surface area contributed by atoms with E-state index < -0.39 is 18.3 Å². The van der Waals surface area contributed by atoms with Crippen molar-refractivity contribution in [2.75, 3.05) is 19.8 Å². The summed E-state index contributed by atoms with van der Waals surface area (Å²) in [6.45, 7) is 4.37. The molecular formula is C24H29F3N2O2. The highest BCUT2D eigenvalue weighted by Gasteiger charge is 2.33. The lowest BCUT2D eigenvalue weighted by atomic mass is 9.92. The number of piperidine rings is 1. The largest absolute Gasteiger partial charge is 0.491 e. The second-order valence-electron chi connectivity index (χ2n) is 8.22. The predicted molar refractivity (Wildman–Crippen MR) is 114 cm³/mol. The molecule has 2 aromatic rings. The average Bonchev–Trinajstić information content (AvgIpc) is 2.74. The van der Waals surface area contributed by atoms with Gasteiger partial charge in [0.15, 0.2) is 0 Å². The standard InChI is InChI=1S/C24H29F3N2O2/c1-16(2)31-21-7-3-17(4-8-21)11-24(30)29(23-9-10-28-14-19(23)13-25)15-18-5-6-20(26)12-22(18)27/h3-8,12,16,19,23,28H,9-11,13-15H2,1-2H3/t19-,23+/m1/s1. The lowest BCUT2D eigenvalue weighted by molar-refractivity contribution is -0.135. The van der Waals surface area contributed by atoms with E-state index >= 15 is 0 Å². The molecule has 1 fully saturated rings. The van der Waals surface area contributed by atoms with Gasteiger partial charge in [0.05, 0.1) is 19.2 Å². The summed E-state index contributed by atoms with van der Waals surface area (Å²) < 4.78 is 47.0. The lowest BCUT2D eigenvalue weighted by Gasteiger charge is -2.39. The van der Waals surface area contributed by atoms with Crippen molar-refractivity contribution in [2.45, 2.75) is 45.4 Å². The number of halogens is 3. The first-order valence-corrected chi connectivity index (χ1v) is 10.6. The Balaban J connectivity index is 1.81. The topological polar surface area (TPSA) is 41.6 Å². The van der Waals surface area contributed by atoms with Crippen molar-refractivity contribution in [3.63, 3.8) is 0 Å². The number of ether oxygens (including phenoxy) is 1. The first-order valence-electron chi connectivity index (χ1n) is 10.6. The summed E-state index contributed by atoms with van der Waals surface area (Å²) >= 11 is 0. The van der Waals surface area contributed by atoms with Crippen LogP contribution in [0.1, 0.15) is 31.4 Å². The van der Waals surface area contributed by atoms with E-state index in [-0.39, 0.29) is 42.5 Å². The van der Waals surface area contributed by atoms with E-state index in [0.29, 0.717) is 25.3 Å². The summed E-state index contributed by atoms with van der Waals surface area (Å²) in [5.74, 6) is -1.26. The summed E-state index contributed by atoms with van der Waals surface area (Å²) in [5.41, 5.74) is 1.00. The Morgan fingerprint density at radius 2 is 1.94 bits per heavy atom. The second-order valence-corrected chi connectivity index (χ2v) is 8.22. The number of hydrogen-bond acceptors (Lipinski definition) is 3. The molecule has 4 nitrogen and oxygen atoms in total. The van der Waals surface area contributed by atoms with Gasteiger partial charge in [0, 0.05) is 36.7 Å². The van der Waals surface area contributed by atoms with Gasteiger partial charge in [-0.3, -0.25) is 9.18 Å². The van der Waals surface area contributed by atoms with Gasteiger partial charge in [-0.25, -0.2) is 8.78 Å². The Morgan fingerprint density at radius 1 is 1.19 bits per heavy atom. The van der Waals surface area contributed by atoms with Crippen LogP contribution >= 0.6 is 0 Å². The van der Waals surface area contributed by atoms with Crippen LogP contribution in [0, 0.1) is 17.6 Å². The molecule has 0 aliphatic carbocycles. The normalized spacial score (nSPS) is 18.8. The third-order valence-electron chi connectivity index (χ3n) is 5.49. The molecule has 2 aromatic carbocycles. The zero-order valence-electron chi connectivity index (χ0n) is 17.9. The van der Waals surface area contributed by atoms with E-state index in [1.165, 1.54) is 12.1 Å². The van der Waals surface area contributed by atoms with E-state index in [1.54, 1.807) is 4.90 Å². The number of rotatable bonds is 8. The van der Waals surface area contributed by atoms with Crippen LogP contribution < -0.4 is 10.1 Å². The molecule has 1 aliphatic rings. The van der Waals surface area contributed by atoms with Crippen molar-refractivity contribution in [3.8, 4) is 5.75 Å². The van der Waals surface area contributed by atoms with Crippen molar-refractivity contribution in [1.82, 2.24) is 10.2 Å². The minimum Gasteiger partial charge on any atom is -0.491 e. The Morgan fingerprint density at radius 3 is 2.58 bits per heavy atom. The van der Waals surface area contributed by atoms with E-state index in [1.807, 2.05) is 38.1 Å². The third-order valence-corrected chi connectivity index (χ3v) is 5.49. The summed E-state index contributed by atoms with van der Waals surface area (Å²) in [7, 11) is 0. The molecule has 1 saturated heterocycles. The van der Waals surface area contributed by atoms with Gasteiger partial charge in [-0.05, 0) is 50.6 Å². The summed E-state index contributed by atoms with van der Waals surface area (Å²) in [4.78, 5) is 14.8. The van der Waals surface area contributed by atoms with Crippen LogP contribution in [0.2, 0.25) is 0 Å². The quantitative estimate of drug-likeness (QED) is 0.675. The maximum Gasteiger partial charge on any atom is 0.227 e. The monoisotopic (exact) mass is 434 g/mol. The van der Waals surface area contributed by atoms with Gasteiger partial charge in [0.2, 0.25) is 5.91 Å². The molecule has 0 radical (unpaired) electrons. The lowest BCUT2D eigenvalue weighted by Crippen LogP contribution is -2.52. The third kappa shape index (κ3) is 6.23. The molecule has 0 bridgehead atoms. The van der Waals surface area contributed by atoms with Gasteiger partial charge in [-0.15, -0.1) is 0 Å². The summed E-state index contributed by atoms with van der Waals surface area (Å²) in [5, 5.41) is 3.15. The first kappa shape index (κ1) is 23.1. The Bertz CT molecular complexity index is 874. The number of hydrogen-bond donors (Lipinski definition) is 1. The first-order chi connectivity index (χ1) is 14.9. The predicted octanol–water partition coefficient (Wildman–Crippen LogP) is 4.27. The highest BCUT2D eigenvalue weighted by molar-refractivity contribution is 5.79. The minimum absolute atomic E-state index is 0.0271. The fourth-order valence-corrected chi connectivity index (χ4v) is 3.93. The Kier molecular flexibility index (Phi) is 7.96. The van der Waals surface area contributed by atoms with Crippen LogP contribution in [-0.4, -0.2) is 42.7 Å². The van der Waals surface area contributed by atoms with Gasteiger partial charge in [-0.2, -0.15) is 0 Å². The molecule has 0 spiro atoms. The van der Waals surface area contributed by atoms with Gasteiger partial charge in [0.1, 0.15) is 17.4 Å². The fraction of sp³-hybridized carbons (Fsp3) is 0.458. The molecule has 7 heteroatoms. The molecule has 0 saturated carbocycles. The number of alkyl halides is 1. The molecule has 31 heavy (non-hydrogen) atoms. The van der Waals surface area contributed by atoms with Gasteiger partial charge in [0.25, 0.3) is 0 Å². The molecule has 168 valence electrons. The van der Waals surface area contributed by atoms with Crippen LogP contribution in [-0.2, 0) is 17.8 Å². The molecule has 1 aliphatic heterocycles. The summed E-state index contributed by atoms with van der Waals surface area (Å²) in [6, 6.07) is 10.2. The van der Waals surface area contributed by atoms with Gasteiger partial charge < -0.3 is 15.0 Å².